The third kappa shape index (κ3) is 33.5. The van der Waals surface area contributed by atoms with Gasteiger partial charge in [-0.3, -0.25) is 4.99 Å². The van der Waals surface area contributed by atoms with Gasteiger partial charge >= 0.3 is 0 Å². The van der Waals surface area contributed by atoms with Crippen LogP contribution in [0, 0.1) is 11.8 Å². The largest absolute Gasteiger partial charge is 0.250 e. The van der Waals surface area contributed by atoms with Gasteiger partial charge in [-0.2, -0.15) is 0 Å². The van der Waals surface area contributed by atoms with E-state index in [0.29, 0.717) is 0 Å². The summed E-state index contributed by atoms with van der Waals surface area (Å²) in [7, 11) is 0. The second-order valence-electron chi connectivity index (χ2n) is 20.8. The first-order chi connectivity index (χ1) is 33.1. The topological polar surface area (TPSA) is 24.7 Å². The lowest BCUT2D eigenvalue weighted by Crippen LogP contribution is -2.12. The molecule has 0 saturated carbocycles. The first-order valence-electron chi connectivity index (χ1n) is 30.0. The van der Waals surface area contributed by atoms with Gasteiger partial charge < -0.3 is 0 Å². The van der Waals surface area contributed by atoms with Crippen molar-refractivity contribution in [2.24, 2.45) is 9.98 Å². The third-order valence-electron chi connectivity index (χ3n) is 14.0. The van der Waals surface area contributed by atoms with E-state index in [1.54, 1.807) is 0 Å². The SMILES string of the molecule is CCCCCCCCCCCCCCCCCCCCCCCCCC#CC(=Nc1cc(CCCCC)cc(CCCCC)c1)C(CCCC)=Nc1cc(CCCCC)cc(CCCCC)c1. The van der Waals surface area contributed by atoms with E-state index in [1.807, 2.05) is 0 Å². The van der Waals surface area contributed by atoms with E-state index < -0.39 is 0 Å². The fraction of sp³-hybridized carbons (Fsp3) is 0.754. The number of aliphatic imine (C=N–C) groups is 2. The molecule has 67 heavy (non-hydrogen) atoms. The molecule has 0 amide bonds. The van der Waals surface area contributed by atoms with Crippen LogP contribution in [0.2, 0.25) is 0 Å². The number of aryl methyl sites for hydroxylation is 4. The monoisotopic (exact) mass is 919 g/mol. The smallest absolute Gasteiger partial charge is 0.135 e. The second-order valence-corrected chi connectivity index (χ2v) is 20.8. The summed E-state index contributed by atoms with van der Waals surface area (Å²) in [6.07, 6.45) is 56.3. The molecule has 0 heterocycles. The van der Waals surface area contributed by atoms with Crippen molar-refractivity contribution in [2.75, 3.05) is 0 Å². The highest BCUT2D eigenvalue weighted by molar-refractivity contribution is 6.49. The van der Waals surface area contributed by atoms with E-state index in [0.717, 1.165) is 74.2 Å². The Balaban J connectivity index is 2.04. The van der Waals surface area contributed by atoms with Crippen molar-refractivity contribution in [3.8, 4) is 11.8 Å². The van der Waals surface area contributed by atoms with Crippen molar-refractivity contribution in [3.63, 3.8) is 0 Å². The molecule has 0 unspecified atom stereocenters. The van der Waals surface area contributed by atoms with Crippen LogP contribution in [0.5, 0.6) is 0 Å². The summed E-state index contributed by atoms with van der Waals surface area (Å²) >= 11 is 0. The van der Waals surface area contributed by atoms with Gasteiger partial charge in [-0.05, 0) is 123 Å². The predicted molar refractivity (Wildman–Crippen MR) is 304 cm³/mol. The standard InChI is InChI=1S/C65H110N2/c1-7-13-19-20-21-22-23-24-25-26-27-28-29-30-31-32-33-34-35-36-37-38-39-40-45-51-65(67-63-56-60(48-43-16-10-4)53-61(57-63)49-44-17-11-5)64(50-18-12-6)66-62-54-58(46-41-14-8-2)52-59(55-62)47-42-15-9-3/h52-57H,7-44,46-50H2,1-6H3. The quantitative estimate of drug-likeness (QED) is 0.0359. The van der Waals surface area contributed by atoms with Crippen molar-refractivity contribution in [3.05, 3.63) is 58.7 Å². The number of nitrogens with zero attached hydrogens (tertiary/aromatic N) is 2. The highest BCUT2D eigenvalue weighted by atomic mass is 14.8. The molecule has 2 heteroatoms. The minimum Gasteiger partial charge on any atom is -0.250 e. The lowest BCUT2D eigenvalue weighted by molar-refractivity contribution is 0.518. The van der Waals surface area contributed by atoms with Crippen LogP contribution in [0.25, 0.3) is 0 Å². The maximum absolute atomic E-state index is 5.53. The zero-order chi connectivity index (χ0) is 48.1. The van der Waals surface area contributed by atoms with Crippen LogP contribution in [-0.4, -0.2) is 11.4 Å². The molecule has 0 N–H and O–H groups in total. The molecular formula is C65H110N2. The van der Waals surface area contributed by atoms with Gasteiger partial charge in [0.15, 0.2) is 0 Å². The van der Waals surface area contributed by atoms with Crippen molar-refractivity contribution in [1.82, 2.24) is 0 Å². The zero-order valence-electron chi connectivity index (χ0n) is 45.8. The Bertz CT molecular complexity index is 1510. The van der Waals surface area contributed by atoms with Gasteiger partial charge in [0.25, 0.3) is 0 Å². The van der Waals surface area contributed by atoms with Gasteiger partial charge in [0.05, 0.1) is 17.1 Å². The van der Waals surface area contributed by atoms with Crippen LogP contribution in [0.15, 0.2) is 46.4 Å². The van der Waals surface area contributed by atoms with Gasteiger partial charge in [0, 0.05) is 6.42 Å². The van der Waals surface area contributed by atoms with Gasteiger partial charge in [-0.25, -0.2) is 4.99 Å². The van der Waals surface area contributed by atoms with Crippen molar-refractivity contribution in [2.45, 2.75) is 318 Å². The Labute approximate surface area is 419 Å². The lowest BCUT2D eigenvalue weighted by Gasteiger charge is -2.12. The number of hydrogen-bond acceptors (Lipinski definition) is 2. The van der Waals surface area contributed by atoms with E-state index in [-0.39, 0.29) is 0 Å². The molecule has 2 nitrogen and oxygen atoms in total. The van der Waals surface area contributed by atoms with Crippen molar-refractivity contribution < 1.29 is 0 Å². The molecule has 0 aliphatic rings. The summed E-state index contributed by atoms with van der Waals surface area (Å²) in [5, 5.41) is 0. The first-order valence-corrected chi connectivity index (χ1v) is 30.0. The van der Waals surface area contributed by atoms with Crippen LogP contribution in [0.1, 0.15) is 314 Å². The highest BCUT2D eigenvalue weighted by Gasteiger charge is 2.12. The normalized spacial score (nSPS) is 12.0. The molecule has 2 aromatic carbocycles. The molecular weight excluding hydrogens is 809 g/mol. The summed E-state index contributed by atoms with van der Waals surface area (Å²) in [6.45, 7) is 13.8. The average Bonchev–Trinajstić information content (AvgIpc) is 3.33. The maximum Gasteiger partial charge on any atom is 0.135 e. The lowest BCUT2D eigenvalue weighted by atomic mass is 9.99. The number of unbranched alkanes of at least 4 members (excludes halogenated alkanes) is 32. The highest BCUT2D eigenvalue weighted by Crippen LogP contribution is 2.26. The fourth-order valence-electron chi connectivity index (χ4n) is 9.68. The van der Waals surface area contributed by atoms with Gasteiger partial charge in [0.1, 0.15) is 5.71 Å². The van der Waals surface area contributed by atoms with Crippen LogP contribution < -0.4 is 0 Å². The summed E-state index contributed by atoms with van der Waals surface area (Å²) < 4.78 is 0. The van der Waals surface area contributed by atoms with Gasteiger partial charge in [-0.15, -0.1) is 0 Å². The third-order valence-corrected chi connectivity index (χ3v) is 14.0. The minimum atomic E-state index is 0.900. The van der Waals surface area contributed by atoms with E-state index in [4.69, 9.17) is 9.98 Å². The Morgan fingerprint density at radius 3 is 0.925 bits per heavy atom. The van der Waals surface area contributed by atoms with Crippen LogP contribution in [-0.2, 0) is 25.7 Å². The predicted octanol–water partition coefficient (Wildman–Crippen LogP) is 22.0. The molecule has 2 aromatic rings. The summed E-state index contributed by atoms with van der Waals surface area (Å²) in [4.78, 5) is 11.0. The first kappa shape index (κ1) is 60.5. The Kier molecular flexibility index (Phi) is 40.2. The Hall–Kier alpha value is -2.66. The van der Waals surface area contributed by atoms with E-state index in [9.17, 15) is 0 Å². The van der Waals surface area contributed by atoms with Crippen LogP contribution >= 0.6 is 0 Å². The maximum atomic E-state index is 5.53. The molecule has 0 saturated heterocycles. The molecule has 0 aliphatic carbocycles. The number of hydrogen-bond donors (Lipinski definition) is 0. The molecule has 0 aliphatic heterocycles. The molecule has 0 bridgehead atoms. The number of benzene rings is 2. The van der Waals surface area contributed by atoms with Crippen molar-refractivity contribution >= 4 is 22.8 Å². The summed E-state index contributed by atoms with van der Waals surface area (Å²) in [5.41, 5.74) is 9.90. The van der Waals surface area contributed by atoms with E-state index in [1.165, 1.54) is 247 Å². The molecule has 2 rings (SSSR count). The Morgan fingerprint density at radius 1 is 0.313 bits per heavy atom. The molecule has 0 atom stereocenters. The minimum absolute atomic E-state index is 0.900. The van der Waals surface area contributed by atoms with E-state index >= 15 is 0 Å². The summed E-state index contributed by atoms with van der Waals surface area (Å²) in [6, 6.07) is 14.4. The van der Waals surface area contributed by atoms with E-state index in [2.05, 4.69) is 89.8 Å². The average molecular weight is 920 g/mol. The molecule has 0 radical (unpaired) electrons. The Morgan fingerprint density at radius 2 is 0.597 bits per heavy atom. The molecule has 380 valence electrons. The van der Waals surface area contributed by atoms with Crippen LogP contribution in [0.3, 0.4) is 0 Å². The van der Waals surface area contributed by atoms with Crippen molar-refractivity contribution in [1.29, 1.82) is 0 Å². The van der Waals surface area contributed by atoms with Gasteiger partial charge in [-0.1, -0.05) is 259 Å². The zero-order valence-corrected chi connectivity index (χ0v) is 45.8. The fourth-order valence-corrected chi connectivity index (χ4v) is 9.68. The number of rotatable bonds is 45. The summed E-state index contributed by atoms with van der Waals surface area (Å²) in [5.74, 6) is 7.34. The van der Waals surface area contributed by atoms with Crippen LogP contribution in [0.4, 0.5) is 11.4 Å². The molecule has 0 spiro atoms. The molecule has 0 aromatic heterocycles. The second kappa shape index (κ2) is 44.5. The molecule has 0 fully saturated rings. The van der Waals surface area contributed by atoms with Gasteiger partial charge in [0.2, 0.25) is 0 Å².